The summed E-state index contributed by atoms with van der Waals surface area (Å²) in [5, 5.41) is 0. The van der Waals surface area contributed by atoms with Gasteiger partial charge in [-0.25, -0.2) is 0 Å². The van der Waals surface area contributed by atoms with Crippen LogP contribution in [0.1, 0.15) is 12.8 Å². The second-order valence-corrected chi connectivity index (χ2v) is 8.00. The van der Waals surface area contributed by atoms with Crippen LogP contribution in [0.3, 0.4) is 0 Å². The molecule has 0 amide bonds. The number of benzene rings is 1. The summed E-state index contributed by atoms with van der Waals surface area (Å²) in [6.45, 7) is 0.629. The van der Waals surface area contributed by atoms with Crippen LogP contribution in [0.5, 0.6) is 0 Å². The van der Waals surface area contributed by atoms with E-state index in [9.17, 15) is 16.8 Å². The van der Waals surface area contributed by atoms with E-state index in [1.165, 1.54) is 0 Å². The molecule has 126 valence electrons. The lowest BCUT2D eigenvalue weighted by molar-refractivity contribution is 0.480. The van der Waals surface area contributed by atoms with E-state index in [0.29, 0.717) is 18.8 Å². The van der Waals surface area contributed by atoms with Gasteiger partial charge in [0.2, 0.25) is 0 Å². The fourth-order valence-electron chi connectivity index (χ4n) is 1.93. The van der Waals surface area contributed by atoms with Gasteiger partial charge in [0, 0.05) is 24.5 Å². The predicted octanol–water partition coefficient (Wildman–Crippen LogP) is 0.631. The standard InChI is InChI=1S/C12H20N2O6S2/c13-11-3-5-12(6-4-11)14(7-1-9-21(15,16)17)8-2-10-22(18,19)20/h3-6H,1-2,7-10,13H2,(H,15,16,17)(H,18,19,20). The van der Waals surface area contributed by atoms with Gasteiger partial charge in [-0.2, -0.15) is 16.8 Å². The molecule has 22 heavy (non-hydrogen) atoms. The van der Waals surface area contributed by atoms with Crippen molar-refractivity contribution in [1.29, 1.82) is 0 Å². The van der Waals surface area contributed by atoms with Crippen molar-refractivity contribution in [3.8, 4) is 0 Å². The first-order valence-electron chi connectivity index (χ1n) is 6.58. The summed E-state index contributed by atoms with van der Waals surface area (Å²) < 4.78 is 60.5. The van der Waals surface area contributed by atoms with Gasteiger partial charge in [-0.1, -0.05) is 0 Å². The van der Waals surface area contributed by atoms with Gasteiger partial charge < -0.3 is 10.6 Å². The van der Waals surface area contributed by atoms with Crippen LogP contribution >= 0.6 is 0 Å². The average molecular weight is 352 g/mol. The molecule has 4 N–H and O–H groups in total. The number of anilines is 2. The first-order valence-corrected chi connectivity index (χ1v) is 9.79. The Balaban J connectivity index is 2.69. The van der Waals surface area contributed by atoms with Crippen LogP contribution < -0.4 is 10.6 Å². The Bertz CT molecular complexity index is 632. The van der Waals surface area contributed by atoms with Gasteiger partial charge in [-0.3, -0.25) is 9.11 Å². The van der Waals surface area contributed by atoms with Crippen LogP contribution in [0, 0.1) is 0 Å². The first kappa shape index (κ1) is 18.7. The molecule has 0 aliphatic rings. The summed E-state index contributed by atoms with van der Waals surface area (Å²) in [7, 11) is -8.07. The van der Waals surface area contributed by atoms with E-state index in [1.54, 1.807) is 29.2 Å². The Morgan fingerprint density at radius 2 is 1.27 bits per heavy atom. The van der Waals surface area contributed by atoms with Crippen molar-refractivity contribution in [3.05, 3.63) is 24.3 Å². The SMILES string of the molecule is Nc1ccc(N(CCCS(=O)(=O)O)CCCS(=O)(=O)O)cc1. The highest BCUT2D eigenvalue weighted by molar-refractivity contribution is 7.86. The maximum absolute atomic E-state index is 10.7. The van der Waals surface area contributed by atoms with Gasteiger partial charge in [-0.05, 0) is 37.1 Å². The number of hydrogen-bond acceptors (Lipinski definition) is 6. The molecule has 0 atom stereocenters. The van der Waals surface area contributed by atoms with E-state index in [-0.39, 0.29) is 24.3 Å². The molecule has 0 saturated heterocycles. The number of nitrogens with zero attached hydrogens (tertiary/aromatic N) is 1. The monoisotopic (exact) mass is 352 g/mol. The number of rotatable bonds is 9. The molecule has 0 heterocycles. The van der Waals surface area contributed by atoms with E-state index < -0.39 is 20.2 Å². The number of nitrogen functional groups attached to an aromatic ring is 1. The van der Waals surface area contributed by atoms with E-state index in [1.807, 2.05) is 0 Å². The Morgan fingerprint density at radius 3 is 1.64 bits per heavy atom. The molecular formula is C12H20N2O6S2. The first-order chi connectivity index (χ1) is 10.1. The second kappa shape index (κ2) is 7.77. The van der Waals surface area contributed by atoms with Crippen LogP contribution in [-0.2, 0) is 20.2 Å². The summed E-state index contributed by atoms with van der Waals surface area (Å²) >= 11 is 0. The molecule has 0 radical (unpaired) electrons. The Morgan fingerprint density at radius 1 is 0.864 bits per heavy atom. The molecule has 8 nitrogen and oxygen atoms in total. The van der Waals surface area contributed by atoms with Crippen molar-refractivity contribution >= 4 is 31.6 Å². The molecule has 0 fully saturated rings. The predicted molar refractivity (Wildman–Crippen MR) is 85.1 cm³/mol. The molecule has 0 saturated carbocycles. The normalized spacial score (nSPS) is 12.3. The summed E-state index contributed by atoms with van der Waals surface area (Å²) in [6, 6.07) is 6.81. The molecule has 0 bridgehead atoms. The molecule has 0 spiro atoms. The van der Waals surface area contributed by atoms with Crippen LogP contribution in [0.4, 0.5) is 11.4 Å². The van der Waals surface area contributed by atoms with E-state index in [0.717, 1.165) is 5.69 Å². The Hall–Kier alpha value is -1.36. The highest BCUT2D eigenvalue weighted by atomic mass is 32.2. The smallest absolute Gasteiger partial charge is 0.264 e. The van der Waals surface area contributed by atoms with Crippen LogP contribution in [-0.4, -0.2) is 50.5 Å². The molecule has 1 aromatic carbocycles. The van der Waals surface area contributed by atoms with Crippen molar-refractivity contribution in [1.82, 2.24) is 0 Å². The fourth-order valence-corrected chi connectivity index (χ4v) is 2.92. The molecular weight excluding hydrogens is 332 g/mol. The molecule has 0 aliphatic heterocycles. The summed E-state index contributed by atoms with van der Waals surface area (Å²) in [6.07, 6.45) is 0.379. The van der Waals surface area contributed by atoms with Gasteiger partial charge >= 0.3 is 0 Å². The van der Waals surface area contributed by atoms with Gasteiger partial charge in [-0.15, -0.1) is 0 Å². The molecule has 1 rings (SSSR count). The molecule has 1 aromatic rings. The van der Waals surface area contributed by atoms with Gasteiger partial charge in [0.1, 0.15) is 0 Å². The van der Waals surface area contributed by atoms with Crippen molar-refractivity contribution in [2.75, 3.05) is 35.2 Å². The van der Waals surface area contributed by atoms with Crippen LogP contribution in [0.2, 0.25) is 0 Å². The second-order valence-electron chi connectivity index (χ2n) is 4.86. The van der Waals surface area contributed by atoms with Crippen molar-refractivity contribution in [3.63, 3.8) is 0 Å². The third kappa shape index (κ3) is 8.17. The van der Waals surface area contributed by atoms with Gasteiger partial charge in [0.15, 0.2) is 0 Å². The zero-order valence-corrected chi connectivity index (χ0v) is 13.6. The third-order valence-corrected chi connectivity index (χ3v) is 4.53. The van der Waals surface area contributed by atoms with Gasteiger partial charge in [0.25, 0.3) is 20.2 Å². The van der Waals surface area contributed by atoms with Gasteiger partial charge in [0.05, 0.1) is 11.5 Å². The lowest BCUT2D eigenvalue weighted by atomic mass is 10.2. The largest absolute Gasteiger partial charge is 0.399 e. The summed E-state index contributed by atoms with van der Waals surface area (Å²) in [5.74, 6) is -0.756. The van der Waals surface area contributed by atoms with E-state index in [4.69, 9.17) is 14.8 Å². The average Bonchev–Trinajstić information content (AvgIpc) is 2.35. The molecule has 0 unspecified atom stereocenters. The lowest BCUT2D eigenvalue weighted by Gasteiger charge is -2.24. The Labute approximate surface area is 130 Å². The number of hydrogen-bond donors (Lipinski definition) is 3. The summed E-state index contributed by atoms with van der Waals surface area (Å²) in [4.78, 5) is 1.77. The highest BCUT2D eigenvalue weighted by Gasteiger charge is 2.11. The zero-order valence-electron chi connectivity index (χ0n) is 11.9. The number of nitrogens with two attached hydrogens (primary N) is 1. The van der Waals surface area contributed by atoms with Crippen LogP contribution in [0.25, 0.3) is 0 Å². The molecule has 10 heteroatoms. The zero-order chi connectivity index (χ0) is 16.8. The van der Waals surface area contributed by atoms with Crippen molar-refractivity contribution < 1.29 is 25.9 Å². The topological polar surface area (TPSA) is 138 Å². The third-order valence-electron chi connectivity index (χ3n) is 2.92. The maximum atomic E-state index is 10.7. The van der Waals surface area contributed by atoms with E-state index >= 15 is 0 Å². The summed E-state index contributed by atoms with van der Waals surface area (Å²) in [5.41, 5.74) is 6.92. The highest BCUT2D eigenvalue weighted by Crippen LogP contribution is 2.17. The van der Waals surface area contributed by atoms with Crippen molar-refractivity contribution in [2.24, 2.45) is 0 Å². The fraction of sp³-hybridized carbons (Fsp3) is 0.500. The lowest BCUT2D eigenvalue weighted by Crippen LogP contribution is -2.28. The minimum absolute atomic E-state index is 0.190. The maximum Gasteiger partial charge on any atom is 0.264 e. The molecule has 0 aromatic heterocycles. The molecule has 0 aliphatic carbocycles. The quantitative estimate of drug-likeness (QED) is 0.434. The minimum atomic E-state index is -4.03. The van der Waals surface area contributed by atoms with Crippen LogP contribution in [0.15, 0.2) is 24.3 Å². The Kier molecular flexibility index (Phi) is 6.60. The van der Waals surface area contributed by atoms with E-state index in [2.05, 4.69) is 0 Å². The minimum Gasteiger partial charge on any atom is -0.399 e. The van der Waals surface area contributed by atoms with Crippen molar-refractivity contribution in [2.45, 2.75) is 12.8 Å².